The van der Waals surface area contributed by atoms with Crippen LogP contribution in [0.3, 0.4) is 0 Å². The maximum Gasteiger partial charge on any atom is 0.133 e. The van der Waals surface area contributed by atoms with Crippen LogP contribution in [0.1, 0.15) is 11.1 Å². The fourth-order valence-corrected chi connectivity index (χ4v) is 6.81. The van der Waals surface area contributed by atoms with Gasteiger partial charge < -0.3 is 19.3 Å². The van der Waals surface area contributed by atoms with Crippen molar-refractivity contribution in [3.05, 3.63) is 132 Å². The number of para-hydroxylation sites is 4. The zero-order valence-corrected chi connectivity index (χ0v) is 23.3. The fourth-order valence-electron chi connectivity index (χ4n) is 6.81. The summed E-state index contributed by atoms with van der Waals surface area (Å²) in [5.74, 6) is 0.362. The van der Waals surface area contributed by atoms with Gasteiger partial charge in [0.1, 0.15) is 11.5 Å². The predicted octanol–water partition coefficient (Wildman–Crippen LogP) is 9.58. The molecule has 2 aromatic heterocycles. The van der Waals surface area contributed by atoms with E-state index in [2.05, 4.69) is 69.8 Å². The molecule has 0 aliphatic heterocycles. The van der Waals surface area contributed by atoms with E-state index in [1.165, 1.54) is 0 Å². The third kappa shape index (κ3) is 3.29. The molecule has 0 bridgehead atoms. The number of phenolic OH excluding ortho intramolecular Hbond substituents is 2. The Bertz CT molecular complexity index is 2160. The van der Waals surface area contributed by atoms with Crippen LogP contribution in [0.5, 0.6) is 11.5 Å². The van der Waals surface area contributed by atoms with Crippen molar-refractivity contribution >= 4 is 43.6 Å². The van der Waals surface area contributed by atoms with Crippen LogP contribution in [0.15, 0.2) is 121 Å². The van der Waals surface area contributed by atoms with Crippen molar-refractivity contribution in [3.63, 3.8) is 0 Å². The molecule has 0 saturated heterocycles. The van der Waals surface area contributed by atoms with Crippen molar-refractivity contribution in [3.8, 4) is 34.0 Å². The van der Waals surface area contributed by atoms with Crippen LogP contribution in [0.4, 0.5) is 0 Å². The summed E-state index contributed by atoms with van der Waals surface area (Å²) in [6.45, 7) is 4.02. The van der Waals surface area contributed by atoms with E-state index >= 15 is 0 Å². The fraction of sp³-hybridized carbons (Fsp3) is 0.0526. The first-order valence-electron chi connectivity index (χ1n) is 14.2. The minimum Gasteiger partial charge on any atom is -0.507 e. The van der Waals surface area contributed by atoms with Gasteiger partial charge in [0.25, 0.3) is 0 Å². The lowest BCUT2D eigenvalue weighted by atomic mass is 9.91. The molecule has 2 heterocycles. The first kappa shape index (κ1) is 24.3. The molecular formula is C38H28N2O2. The second-order valence-corrected chi connectivity index (χ2v) is 11.0. The Morgan fingerprint density at radius 3 is 1.19 bits per heavy atom. The summed E-state index contributed by atoms with van der Waals surface area (Å²) < 4.78 is 4.40. The Kier molecular flexibility index (Phi) is 5.22. The molecule has 0 spiro atoms. The number of hydrogen-bond donors (Lipinski definition) is 2. The van der Waals surface area contributed by atoms with Crippen molar-refractivity contribution in [2.45, 2.75) is 13.8 Å². The third-order valence-corrected chi connectivity index (χ3v) is 8.54. The van der Waals surface area contributed by atoms with Crippen molar-refractivity contribution in [1.29, 1.82) is 0 Å². The molecule has 0 aliphatic carbocycles. The van der Waals surface area contributed by atoms with Gasteiger partial charge in [-0.2, -0.15) is 0 Å². The monoisotopic (exact) mass is 544 g/mol. The van der Waals surface area contributed by atoms with Crippen molar-refractivity contribution in [1.82, 2.24) is 9.13 Å². The average Bonchev–Trinajstić information content (AvgIpc) is 3.52. The molecule has 0 fully saturated rings. The standard InChI is InChI=1S/C38H28N2O2/c1-23-21-31-35(27-17-9-11-19-29(27)39(31)25-13-5-3-6-14-25)37(41)33(23)34-24(2)22-32-36(38(34)42)28-18-10-12-20-30(28)40(32)26-15-7-4-8-16-26/h3-22,41-42H,1-2H3. The van der Waals surface area contributed by atoms with Gasteiger partial charge in [0.2, 0.25) is 0 Å². The van der Waals surface area contributed by atoms with Crippen LogP contribution >= 0.6 is 0 Å². The van der Waals surface area contributed by atoms with Crippen molar-refractivity contribution in [2.24, 2.45) is 0 Å². The van der Waals surface area contributed by atoms with Crippen LogP contribution in [-0.4, -0.2) is 19.3 Å². The quantitative estimate of drug-likeness (QED) is 0.233. The molecule has 2 N–H and O–H groups in total. The zero-order valence-electron chi connectivity index (χ0n) is 23.3. The van der Waals surface area contributed by atoms with Gasteiger partial charge in [0.15, 0.2) is 0 Å². The van der Waals surface area contributed by atoms with E-state index in [4.69, 9.17) is 0 Å². The molecule has 8 rings (SSSR count). The number of aromatic nitrogens is 2. The number of benzene rings is 6. The molecule has 42 heavy (non-hydrogen) atoms. The largest absolute Gasteiger partial charge is 0.507 e. The lowest BCUT2D eigenvalue weighted by Gasteiger charge is -2.17. The smallest absolute Gasteiger partial charge is 0.133 e. The summed E-state index contributed by atoms with van der Waals surface area (Å²) in [6, 6.07) is 41.1. The number of nitrogens with zero attached hydrogens (tertiary/aromatic N) is 2. The molecule has 0 radical (unpaired) electrons. The highest BCUT2D eigenvalue weighted by atomic mass is 16.3. The highest BCUT2D eigenvalue weighted by molar-refractivity contribution is 6.18. The summed E-state index contributed by atoms with van der Waals surface area (Å²) >= 11 is 0. The molecule has 6 aromatic carbocycles. The summed E-state index contributed by atoms with van der Waals surface area (Å²) in [4.78, 5) is 0. The van der Waals surface area contributed by atoms with E-state index < -0.39 is 0 Å². The van der Waals surface area contributed by atoms with E-state index in [-0.39, 0.29) is 11.5 Å². The topological polar surface area (TPSA) is 50.3 Å². The summed E-state index contributed by atoms with van der Waals surface area (Å²) in [6.07, 6.45) is 0. The molecule has 0 aliphatic rings. The van der Waals surface area contributed by atoms with Gasteiger partial charge in [-0.25, -0.2) is 0 Å². The van der Waals surface area contributed by atoms with Crippen molar-refractivity contribution in [2.75, 3.05) is 0 Å². The van der Waals surface area contributed by atoms with Crippen LogP contribution in [0.25, 0.3) is 66.1 Å². The number of aryl methyl sites for hydroxylation is 2. The molecule has 202 valence electrons. The van der Waals surface area contributed by atoms with Crippen LogP contribution in [0.2, 0.25) is 0 Å². The van der Waals surface area contributed by atoms with Crippen LogP contribution in [0, 0.1) is 13.8 Å². The molecule has 0 amide bonds. The summed E-state index contributed by atoms with van der Waals surface area (Å²) in [5, 5.41) is 27.7. The predicted molar refractivity (Wildman–Crippen MR) is 173 cm³/mol. The highest BCUT2D eigenvalue weighted by Crippen LogP contribution is 2.50. The summed E-state index contributed by atoms with van der Waals surface area (Å²) in [5.41, 5.74) is 9.07. The van der Waals surface area contributed by atoms with E-state index in [1.807, 2.05) is 74.5 Å². The summed E-state index contributed by atoms with van der Waals surface area (Å²) in [7, 11) is 0. The zero-order chi connectivity index (χ0) is 28.5. The number of aromatic hydroxyl groups is 2. The van der Waals surface area contributed by atoms with E-state index in [0.717, 1.165) is 66.1 Å². The van der Waals surface area contributed by atoms with Gasteiger partial charge in [-0.15, -0.1) is 0 Å². The van der Waals surface area contributed by atoms with Crippen LogP contribution in [-0.2, 0) is 0 Å². The maximum atomic E-state index is 12.1. The Hall–Kier alpha value is -5.48. The minimum atomic E-state index is 0.181. The number of phenols is 2. The highest BCUT2D eigenvalue weighted by Gasteiger charge is 2.26. The van der Waals surface area contributed by atoms with E-state index in [0.29, 0.717) is 11.1 Å². The molecular weight excluding hydrogens is 516 g/mol. The van der Waals surface area contributed by atoms with Gasteiger partial charge in [-0.3, -0.25) is 0 Å². The Morgan fingerprint density at radius 1 is 0.429 bits per heavy atom. The molecule has 0 unspecified atom stereocenters. The van der Waals surface area contributed by atoms with Gasteiger partial charge in [0.05, 0.1) is 32.8 Å². The van der Waals surface area contributed by atoms with Crippen LogP contribution < -0.4 is 0 Å². The molecule has 8 aromatic rings. The molecule has 4 heteroatoms. The van der Waals surface area contributed by atoms with Gasteiger partial charge >= 0.3 is 0 Å². The van der Waals surface area contributed by atoms with Gasteiger partial charge in [0, 0.05) is 33.3 Å². The molecule has 4 nitrogen and oxygen atoms in total. The SMILES string of the molecule is Cc1cc2c(c(O)c1-c1c(C)cc3c(c1O)c1ccccc1n3-c1ccccc1)c1ccccc1n2-c1ccccc1. The number of rotatable bonds is 3. The Balaban J connectivity index is 1.48. The van der Waals surface area contributed by atoms with Crippen molar-refractivity contribution < 1.29 is 10.2 Å². The molecule has 0 saturated carbocycles. The Morgan fingerprint density at radius 2 is 0.786 bits per heavy atom. The maximum absolute atomic E-state index is 12.1. The van der Waals surface area contributed by atoms with E-state index in [1.54, 1.807) is 0 Å². The second-order valence-electron chi connectivity index (χ2n) is 11.0. The minimum absolute atomic E-state index is 0.181. The third-order valence-electron chi connectivity index (χ3n) is 8.54. The Labute approximate surface area is 242 Å². The normalized spacial score (nSPS) is 11.8. The first-order chi connectivity index (χ1) is 20.5. The number of hydrogen-bond acceptors (Lipinski definition) is 2. The van der Waals surface area contributed by atoms with Gasteiger partial charge in [-0.1, -0.05) is 72.8 Å². The van der Waals surface area contributed by atoms with Gasteiger partial charge in [-0.05, 0) is 73.5 Å². The van der Waals surface area contributed by atoms with E-state index in [9.17, 15) is 10.2 Å². The lowest BCUT2D eigenvalue weighted by Crippen LogP contribution is -1.96. The molecule has 0 atom stereocenters. The average molecular weight is 545 g/mol. The second kappa shape index (κ2) is 9.02. The lowest BCUT2D eigenvalue weighted by molar-refractivity contribution is 0.475. The first-order valence-corrected chi connectivity index (χ1v) is 14.2. The number of fused-ring (bicyclic) bond motifs is 6.